The molecule has 7 atom stereocenters. The molecule has 11 heteroatoms. The number of aliphatic hydroxyl groups excluding tert-OH is 5. The summed E-state index contributed by atoms with van der Waals surface area (Å²) in [4.78, 5) is 21.5. The van der Waals surface area contributed by atoms with Gasteiger partial charge in [-0.05, 0) is 6.42 Å². The van der Waals surface area contributed by atoms with Gasteiger partial charge in [-0.3, -0.25) is 14.9 Å². The van der Waals surface area contributed by atoms with Crippen LogP contribution < -0.4 is 10.6 Å². The van der Waals surface area contributed by atoms with Gasteiger partial charge in [0.05, 0.1) is 49.7 Å². The Labute approximate surface area is 143 Å². The van der Waals surface area contributed by atoms with Gasteiger partial charge in [-0.15, -0.1) is 0 Å². The van der Waals surface area contributed by atoms with Crippen LogP contribution in [-0.2, 0) is 9.59 Å². The standard InChI is InChI=1S/C14H26N2O9/c17-5-6(18)3-15-10-12(23)7(1-2-8(19)20)13(24)11(14(10)25)16-4-9(21)22/h6-7,10-18,23-25H,1-5H2,(H,19,20)(H,21,22)/t6?,7-,10+,11-,12+,13-,14+/m1/s1. The van der Waals surface area contributed by atoms with Gasteiger partial charge in [-0.25, -0.2) is 0 Å². The lowest BCUT2D eigenvalue weighted by Crippen LogP contribution is -2.69. The number of aliphatic hydroxyl groups is 5. The smallest absolute Gasteiger partial charge is 0.317 e. The molecule has 146 valence electrons. The predicted octanol–water partition coefficient (Wildman–Crippen LogP) is -4.08. The van der Waals surface area contributed by atoms with Crippen LogP contribution in [0.5, 0.6) is 0 Å². The second-order valence-corrected chi connectivity index (χ2v) is 6.14. The fourth-order valence-corrected chi connectivity index (χ4v) is 3.02. The lowest BCUT2D eigenvalue weighted by Gasteiger charge is -2.46. The molecule has 25 heavy (non-hydrogen) atoms. The fourth-order valence-electron chi connectivity index (χ4n) is 3.02. The van der Waals surface area contributed by atoms with Gasteiger partial charge < -0.3 is 41.1 Å². The van der Waals surface area contributed by atoms with Crippen molar-refractivity contribution in [3.05, 3.63) is 0 Å². The van der Waals surface area contributed by atoms with Crippen molar-refractivity contribution in [2.24, 2.45) is 5.92 Å². The van der Waals surface area contributed by atoms with Crippen LogP contribution in [0.4, 0.5) is 0 Å². The Morgan fingerprint density at radius 2 is 1.48 bits per heavy atom. The predicted molar refractivity (Wildman–Crippen MR) is 82.7 cm³/mol. The van der Waals surface area contributed by atoms with Crippen molar-refractivity contribution in [1.29, 1.82) is 0 Å². The highest BCUT2D eigenvalue weighted by Crippen LogP contribution is 2.30. The third-order valence-corrected chi connectivity index (χ3v) is 4.33. The molecule has 0 aromatic heterocycles. The largest absolute Gasteiger partial charge is 0.481 e. The summed E-state index contributed by atoms with van der Waals surface area (Å²) >= 11 is 0. The van der Waals surface area contributed by atoms with E-state index in [2.05, 4.69) is 10.6 Å². The van der Waals surface area contributed by atoms with E-state index < -0.39 is 67.5 Å². The number of hydrogen-bond donors (Lipinski definition) is 9. The average molecular weight is 366 g/mol. The summed E-state index contributed by atoms with van der Waals surface area (Å²) in [6.45, 7) is -1.26. The first-order valence-corrected chi connectivity index (χ1v) is 7.92. The molecule has 1 fully saturated rings. The molecule has 1 aliphatic carbocycles. The number of aliphatic carboxylic acids is 2. The normalized spacial score (nSPS) is 33.8. The molecule has 0 amide bonds. The molecule has 0 spiro atoms. The number of carboxylic acids is 2. The maximum Gasteiger partial charge on any atom is 0.317 e. The summed E-state index contributed by atoms with van der Waals surface area (Å²) in [6, 6.07) is -2.18. The molecule has 0 aliphatic heterocycles. The number of rotatable bonds is 10. The number of nitrogens with one attached hydrogen (secondary N) is 2. The lowest BCUT2D eigenvalue weighted by molar-refractivity contribution is -0.141. The highest BCUT2D eigenvalue weighted by atomic mass is 16.4. The zero-order chi connectivity index (χ0) is 19.1. The van der Waals surface area contributed by atoms with E-state index in [9.17, 15) is 30.0 Å². The van der Waals surface area contributed by atoms with E-state index >= 15 is 0 Å². The molecule has 0 heterocycles. The first-order chi connectivity index (χ1) is 11.7. The van der Waals surface area contributed by atoms with Crippen LogP contribution in [0.15, 0.2) is 0 Å². The van der Waals surface area contributed by atoms with Crippen LogP contribution >= 0.6 is 0 Å². The Morgan fingerprint density at radius 3 is 1.96 bits per heavy atom. The molecular formula is C14H26N2O9. The zero-order valence-electron chi connectivity index (χ0n) is 13.5. The molecule has 0 saturated heterocycles. The minimum Gasteiger partial charge on any atom is -0.481 e. The first-order valence-electron chi connectivity index (χ1n) is 7.92. The van der Waals surface area contributed by atoms with E-state index in [1.165, 1.54) is 0 Å². The van der Waals surface area contributed by atoms with Crippen molar-refractivity contribution >= 4 is 11.9 Å². The minimum absolute atomic E-state index is 0.0869. The van der Waals surface area contributed by atoms with E-state index in [0.29, 0.717) is 0 Å². The Hall–Kier alpha value is -1.34. The quantitative estimate of drug-likeness (QED) is 0.182. The van der Waals surface area contributed by atoms with E-state index in [4.69, 9.17) is 15.3 Å². The molecular weight excluding hydrogens is 340 g/mol. The number of hydrogen-bond acceptors (Lipinski definition) is 9. The third kappa shape index (κ3) is 6.15. The highest BCUT2D eigenvalue weighted by molar-refractivity contribution is 5.69. The van der Waals surface area contributed by atoms with Gasteiger partial charge in [0.25, 0.3) is 0 Å². The number of carboxylic acid groups (broad SMARTS) is 2. The second-order valence-electron chi connectivity index (χ2n) is 6.14. The molecule has 9 N–H and O–H groups in total. The summed E-state index contributed by atoms with van der Waals surface area (Å²) in [5.41, 5.74) is 0. The Balaban J connectivity index is 2.92. The van der Waals surface area contributed by atoms with Crippen LogP contribution in [0.3, 0.4) is 0 Å². The molecule has 0 radical (unpaired) electrons. The molecule has 11 nitrogen and oxygen atoms in total. The third-order valence-electron chi connectivity index (χ3n) is 4.33. The van der Waals surface area contributed by atoms with Gasteiger partial charge in [0.15, 0.2) is 0 Å². The lowest BCUT2D eigenvalue weighted by atomic mass is 9.73. The summed E-state index contributed by atoms with van der Waals surface area (Å²) in [5.74, 6) is -3.27. The van der Waals surface area contributed by atoms with Crippen molar-refractivity contribution in [3.8, 4) is 0 Å². The van der Waals surface area contributed by atoms with E-state index in [1.54, 1.807) is 0 Å². The van der Waals surface area contributed by atoms with E-state index in [1.807, 2.05) is 0 Å². The van der Waals surface area contributed by atoms with Crippen molar-refractivity contribution in [3.63, 3.8) is 0 Å². The Kier molecular flexibility index (Phi) is 8.65. The van der Waals surface area contributed by atoms with Crippen LogP contribution in [-0.4, -0.2) is 104 Å². The first kappa shape index (κ1) is 21.7. The molecule has 0 bridgehead atoms. The van der Waals surface area contributed by atoms with Crippen LogP contribution in [0.25, 0.3) is 0 Å². The second kappa shape index (κ2) is 9.97. The zero-order valence-corrected chi connectivity index (χ0v) is 13.5. The van der Waals surface area contributed by atoms with Gasteiger partial charge in [-0.1, -0.05) is 0 Å². The van der Waals surface area contributed by atoms with Gasteiger partial charge in [0, 0.05) is 18.9 Å². The Bertz CT molecular complexity index is 418. The summed E-state index contributed by atoms with van der Waals surface area (Å²) < 4.78 is 0. The van der Waals surface area contributed by atoms with Crippen molar-refractivity contribution in [2.45, 2.75) is 49.3 Å². The fraction of sp³-hybridized carbons (Fsp3) is 0.857. The van der Waals surface area contributed by atoms with Gasteiger partial charge in [-0.2, -0.15) is 0 Å². The van der Waals surface area contributed by atoms with E-state index in [0.717, 1.165) is 0 Å². The molecule has 1 saturated carbocycles. The number of carbonyl (C=O) groups is 2. The topological polar surface area (TPSA) is 200 Å². The summed E-state index contributed by atoms with van der Waals surface area (Å²) in [5, 5.41) is 72.1. The monoisotopic (exact) mass is 366 g/mol. The summed E-state index contributed by atoms with van der Waals surface area (Å²) in [6.07, 6.45) is -5.67. The average Bonchev–Trinajstić information content (AvgIpc) is 2.53. The van der Waals surface area contributed by atoms with Gasteiger partial charge >= 0.3 is 11.9 Å². The van der Waals surface area contributed by atoms with E-state index in [-0.39, 0.29) is 19.4 Å². The highest BCUT2D eigenvalue weighted by Gasteiger charge is 2.48. The molecule has 0 aromatic carbocycles. The van der Waals surface area contributed by atoms with Crippen molar-refractivity contribution < 1.29 is 45.3 Å². The summed E-state index contributed by atoms with van der Waals surface area (Å²) in [7, 11) is 0. The van der Waals surface area contributed by atoms with Crippen LogP contribution in [0, 0.1) is 5.92 Å². The maximum atomic E-state index is 10.8. The molecule has 1 unspecified atom stereocenters. The molecule has 0 aromatic rings. The van der Waals surface area contributed by atoms with Crippen LogP contribution in [0.2, 0.25) is 0 Å². The van der Waals surface area contributed by atoms with Crippen molar-refractivity contribution in [1.82, 2.24) is 10.6 Å². The van der Waals surface area contributed by atoms with Gasteiger partial charge in [0.2, 0.25) is 0 Å². The molecule has 1 rings (SSSR count). The van der Waals surface area contributed by atoms with Gasteiger partial charge in [0.1, 0.15) is 0 Å². The minimum atomic E-state index is -1.41. The van der Waals surface area contributed by atoms with Crippen LogP contribution in [0.1, 0.15) is 12.8 Å². The maximum absolute atomic E-state index is 10.8. The Morgan fingerprint density at radius 1 is 0.920 bits per heavy atom. The molecule has 1 aliphatic rings. The van der Waals surface area contributed by atoms with Crippen molar-refractivity contribution in [2.75, 3.05) is 19.7 Å². The SMILES string of the molecule is O=C(O)CC[C@H]1[C@@H](O)[C@@H](NCC(=O)O)[C@@H](O)[C@@H](NCC(O)CO)[C@H]1O.